The van der Waals surface area contributed by atoms with Crippen LogP contribution in [0.15, 0.2) is 0 Å². The van der Waals surface area contributed by atoms with Gasteiger partial charge >= 0.3 is 0 Å². The first-order valence-electron chi connectivity index (χ1n) is 5.58. The summed E-state index contributed by atoms with van der Waals surface area (Å²) in [6, 6.07) is 0. The van der Waals surface area contributed by atoms with Crippen LogP contribution in [0.25, 0.3) is 0 Å². The minimum Gasteiger partial charge on any atom is -0.315 e. The lowest BCUT2D eigenvalue weighted by Gasteiger charge is -2.10. The molecule has 0 aromatic rings. The Labute approximate surface area is 97.5 Å². The van der Waals surface area contributed by atoms with Gasteiger partial charge in [0, 0.05) is 17.7 Å². The Balaban J connectivity index is 2.07. The lowest BCUT2D eigenvalue weighted by molar-refractivity contribution is 0.498. The fourth-order valence-corrected chi connectivity index (χ4v) is 3.00. The maximum atomic E-state index is 11.2. The summed E-state index contributed by atoms with van der Waals surface area (Å²) < 4.78 is 22.4. The van der Waals surface area contributed by atoms with E-state index in [1.165, 1.54) is 6.42 Å². The molecule has 0 radical (unpaired) electrons. The highest BCUT2D eigenvalue weighted by atomic mass is 35.5. The van der Waals surface area contributed by atoms with Gasteiger partial charge in [0.1, 0.15) is 0 Å². The van der Waals surface area contributed by atoms with Gasteiger partial charge in [-0.25, -0.2) is 8.42 Å². The molecule has 0 heterocycles. The summed E-state index contributed by atoms with van der Waals surface area (Å²) in [5, 5.41) is 3.53. The molecule has 0 amide bonds. The molecule has 0 aliphatic heterocycles. The first kappa shape index (κ1) is 13.3. The Bertz CT molecular complexity index is 279. The molecule has 1 aliphatic rings. The molecular formula is C10H20ClNO2S. The average molecular weight is 254 g/mol. The fraction of sp³-hybridized carbons (Fsp3) is 1.00. The molecule has 90 valence electrons. The highest BCUT2D eigenvalue weighted by Gasteiger charge is 2.22. The van der Waals surface area contributed by atoms with Crippen molar-refractivity contribution in [1.29, 1.82) is 0 Å². The van der Waals surface area contributed by atoms with Crippen molar-refractivity contribution >= 4 is 21.4 Å². The summed E-state index contributed by atoms with van der Waals surface area (Å²) in [4.78, 5) is 0. The quantitative estimate of drug-likeness (QED) is 0.575. The third-order valence-electron chi connectivity index (χ3n) is 2.94. The summed E-state index contributed by atoms with van der Waals surface area (Å²) in [7, 11) is -2.81. The second kappa shape index (κ2) is 6.06. The number of rotatable bonds is 6. The van der Waals surface area contributed by atoms with Gasteiger partial charge < -0.3 is 5.32 Å². The Hall–Kier alpha value is 0.200. The Morgan fingerprint density at radius 1 is 1.40 bits per heavy atom. The van der Waals surface area contributed by atoms with Crippen molar-refractivity contribution in [3.63, 3.8) is 0 Å². The number of hydrogen-bond donors (Lipinski definition) is 1. The van der Waals surface area contributed by atoms with Crippen molar-refractivity contribution in [2.24, 2.45) is 5.92 Å². The predicted molar refractivity (Wildman–Crippen MR) is 64.2 cm³/mol. The molecule has 1 rings (SSSR count). The van der Waals surface area contributed by atoms with E-state index in [1.807, 2.05) is 0 Å². The summed E-state index contributed by atoms with van der Waals surface area (Å²) in [6.45, 7) is 3.16. The van der Waals surface area contributed by atoms with Crippen LogP contribution in [-0.4, -0.2) is 38.4 Å². The lowest BCUT2D eigenvalue weighted by Crippen LogP contribution is -2.28. The number of sulfone groups is 1. The maximum Gasteiger partial charge on any atom is 0.151 e. The molecule has 2 atom stereocenters. The van der Waals surface area contributed by atoms with E-state index in [4.69, 9.17) is 11.6 Å². The summed E-state index contributed by atoms with van der Waals surface area (Å²) in [6.07, 6.45) is 3.33. The standard InChI is InChI=1S/C10H20ClNO2S/c1-2-15(13,14)6-5-12-8-9-3-4-10(11)7-9/h9-10,12H,2-8H2,1H3. The van der Waals surface area contributed by atoms with E-state index >= 15 is 0 Å². The van der Waals surface area contributed by atoms with Gasteiger partial charge in [0.15, 0.2) is 9.84 Å². The van der Waals surface area contributed by atoms with Crippen LogP contribution < -0.4 is 5.32 Å². The number of nitrogens with one attached hydrogen (secondary N) is 1. The Morgan fingerprint density at radius 3 is 2.67 bits per heavy atom. The van der Waals surface area contributed by atoms with Gasteiger partial charge in [0.25, 0.3) is 0 Å². The molecular weight excluding hydrogens is 234 g/mol. The van der Waals surface area contributed by atoms with Gasteiger partial charge in [-0.3, -0.25) is 0 Å². The second-order valence-corrected chi connectivity index (χ2v) is 7.31. The fourth-order valence-electron chi connectivity index (χ4n) is 1.88. The van der Waals surface area contributed by atoms with Gasteiger partial charge in [0.2, 0.25) is 0 Å². The molecule has 15 heavy (non-hydrogen) atoms. The van der Waals surface area contributed by atoms with Crippen LogP contribution in [0.1, 0.15) is 26.2 Å². The van der Waals surface area contributed by atoms with Crippen molar-refractivity contribution < 1.29 is 8.42 Å². The zero-order valence-corrected chi connectivity index (χ0v) is 10.8. The van der Waals surface area contributed by atoms with Crippen LogP contribution in [0.2, 0.25) is 0 Å². The largest absolute Gasteiger partial charge is 0.315 e. The van der Waals surface area contributed by atoms with Crippen LogP contribution >= 0.6 is 11.6 Å². The monoisotopic (exact) mass is 253 g/mol. The molecule has 0 spiro atoms. The highest BCUT2D eigenvalue weighted by molar-refractivity contribution is 7.91. The van der Waals surface area contributed by atoms with E-state index in [0.29, 0.717) is 17.8 Å². The SMILES string of the molecule is CCS(=O)(=O)CCNCC1CCC(Cl)C1. The van der Waals surface area contributed by atoms with Gasteiger partial charge in [-0.1, -0.05) is 6.92 Å². The molecule has 5 heteroatoms. The van der Waals surface area contributed by atoms with E-state index in [1.54, 1.807) is 6.92 Å². The Morgan fingerprint density at radius 2 is 2.13 bits per heavy atom. The molecule has 0 saturated heterocycles. The van der Waals surface area contributed by atoms with E-state index in [2.05, 4.69) is 5.32 Å². The van der Waals surface area contributed by atoms with Crippen LogP contribution in [0.5, 0.6) is 0 Å². The number of alkyl halides is 1. The second-order valence-electron chi connectivity index (χ2n) is 4.22. The molecule has 1 saturated carbocycles. The van der Waals surface area contributed by atoms with E-state index in [0.717, 1.165) is 19.4 Å². The molecule has 1 fully saturated rings. The van der Waals surface area contributed by atoms with Gasteiger partial charge in [0.05, 0.1) is 5.75 Å². The third-order valence-corrected chi connectivity index (χ3v) is 5.04. The summed E-state index contributed by atoms with van der Waals surface area (Å²) in [5.74, 6) is 1.12. The predicted octanol–water partition coefficient (Wildman–Crippen LogP) is 1.42. The zero-order chi connectivity index (χ0) is 11.3. The van der Waals surface area contributed by atoms with Crippen molar-refractivity contribution in [2.75, 3.05) is 24.6 Å². The van der Waals surface area contributed by atoms with Gasteiger partial charge in [-0.15, -0.1) is 11.6 Å². The summed E-state index contributed by atoms with van der Waals surface area (Å²) in [5.41, 5.74) is 0. The topological polar surface area (TPSA) is 46.2 Å². The average Bonchev–Trinajstić information content (AvgIpc) is 2.59. The normalized spacial score (nSPS) is 27.1. The van der Waals surface area contributed by atoms with Crippen molar-refractivity contribution in [2.45, 2.75) is 31.6 Å². The van der Waals surface area contributed by atoms with Crippen LogP contribution in [0.3, 0.4) is 0 Å². The van der Waals surface area contributed by atoms with Gasteiger partial charge in [-0.2, -0.15) is 0 Å². The molecule has 1 aliphatic carbocycles. The van der Waals surface area contributed by atoms with Crippen molar-refractivity contribution in [1.82, 2.24) is 5.32 Å². The maximum absolute atomic E-state index is 11.2. The third kappa shape index (κ3) is 5.18. The Kier molecular flexibility index (Phi) is 5.36. The van der Waals surface area contributed by atoms with Gasteiger partial charge in [-0.05, 0) is 31.7 Å². The van der Waals surface area contributed by atoms with Crippen LogP contribution in [0, 0.1) is 5.92 Å². The molecule has 3 nitrogen and oxygen atoms in total. The van der Waals surface area contributed by atoms with Crippen molar-refractivity contribution in [3.8, 4) is 0 Å². The minimum absolute atomic E-state index is 0.238. The summed E-state index contributed by atoms with van der Waals surface area (Å²) >= 11 is 5.99. The molecule has 0 aromatic carbocycles. The van der Waals surface area contributed by atoms with Crippen LogP contribution in [-0.2, 0) is 9.84 Å². The minimum atomic E-state index is -2.81. The smallest absolute Gasteiger partial charge is 0.151 e. The van der Waals surface area contributed by atoms with Crippen molar-refractivity contribution in [3.05, 3.63) is 0 Å². The first-order valence-corrected chi connectivity index (χ1v) is 7.84. The lowest BCUT2D eigenvalue weighted by atomic mass is 10.1. The van der Waals surface area contributed by atoms with E-state index in [-0.39, 0.29) is 11.5 Å². The molecule has 2 unspecified atom stereocenters. The number of halogens is 1. The van der Waals surface area contributed by atoms with E-state index < -0.39 is 9.84 Å². The molecule has 0 aromatic heterocycles. The zero-order valence-electron chi connectivity index (χ0n) is 9.21. The molecule has 1 N–H and O–H groups in total. The highest BCUT2D eigenvalue weighted by Crippen LogP contribution is 2.28. The van der Waals surface area contributed by atoms with Crippen LogP contribution in [0.4, 0.5) is 0 Å². The van der Waals surface area contributed by atoms with E-state index in [9.17, 15) is 8.42 Å². The first-order chi connectivity index (χ1) is 7.03. The number of hydrogen-bond acceptors (Lipinski definition) is 3. The molecule has 0 bridgehead atoms.